The van der Waals surface area contributed by atoms with Crippen LogP contribution in [0.2, 0.25) is 0 Å². The lowest BCUT2D eigenvalue weighted by Crippen LogP contribution is -1.89. The van der Waals surface area contributed by atoms with Gasteiger partial charge in [-0.3, -0.25) is 4.98 Å². The van der Waals surface area contributed by atoms with E-state index in [1.807, 2.05) is 12.3 Å². The van der Waals surface area contributed by atoms with E-state index in [0.29, 0.717) is 0 Å². The van der Waals surface area contributed by atoms with Gasteiger partial charge in [0.05, 0.1) is 0 Å². The maximum absolute atomic E-state index is 8.73. The van der Waals surface area contributed by atoms with E-state index in [1.54, 1.807) is 6.20 Å². The first-order valence-corrected chi connectivity index (χ1v) is 4.83. The van der Waals surface area contributed by atoms with Gasteiger partial charge in [0.25, 0.3) is 0 Å². The lowest BCUT2D eigenvalue weighted by molar-refractivity contribution is 0.288. The Morgan fingerprint density at radius 2 is 2.07 bits per heavy atom. The molecule has 2 rings (SSSR count). The molecule has 0 saturated heterocycles. The number of nitrogens with zero attached hydrogens (tertiary/aromatic N) is 1. The minimum Gasteiger partial charge on any atom is -0.396 e. The molecule has 0 saturated carbocycles. The average molecular weight is 187 g/mol. The van der Waals surface area contributed by atoms with Crippen molar-refractivity contribution < 1.29 is 5.11 Å². The molecule has 0 unspecified atom stereocenters. The van der Waals surface area contributed by atoms with Gasteiger partial charge in [-0.1, -0.05) is 12.1 Å². The summed E-state index contributed by atoms with van der Waals surface area (Å²) >= 11 is 0. The van der Waals surface area contributed by atoms with E-state index in [1.165, 1.54) is 16.3 Å². The normalized spacial score (nSPS) is 10.6. The molecule has 2 nitrogen and oxygen atoms in total. The van der Waals surface area contributed by atoms with Crippen molar-refractivity contribution in [2.45, 2.75) is 12.8 Å². The molecular weight excluding hydrogens is 174 g/mol. The first-order valence-electron chi connectivity index (χ1n) is 4.83. The molecule has 0 aliphatic carbocycles. The average Bonchev–Trinajstić information content (AvgIpc) is 2.26. The van der Waals surface area contributed by atoms with Gasteiger partial charge in [0.2, 0.25) is 0 Å². The third-order valence-electron chi connectivity index (χ3n) is 2.33. The van der Waals surface area contributed by atoms with E-state index in [4.69, 9.17) is 5.11 Å². The number of aromatic nitrogens is 1. The minimum absolute atomic E-state index is 0.255. The second kappa shape index (κ2) is 4.20. The third kappa shape index (κ3) is 1.91. The van der Waals surface area contributed by atoms with Crippen LogP contribution in [0.1, 0.15) is 12.0 Å². The van der Waals surface area contributed by atoms with E-state index >= 15 is 0 Å². The highest BCUT2D eigenvalue weighted by atomic mass is 16.2. The largest absolute Gasteiger partial charge is 0.396 e. The van der Waals surface area contributed by atoms with Crippen LogP contribution in [0.3, 0.4) is 0 Å². The zero-order chi connectivity index (χ0) is 9.80. The maximum atomic E-state index is 8.73. The molecule has 2 aromatic rings. The number of rotatable bonds is 3. The summed E-state index contributed by atoms with van der Waals surface area (Å²) in [7, 11) is 0. The summed E-state index contributed by atoms with van der Waals surface area (Å²) in [6, 6.07) is 8.35. The van der Waals surface area contributed by atoms with Crippen molar-refractivity contribution in [3.05, 3.63) is 42.2 Å². The van der Waals surface area contributed by atoms with E-state index in [9.17, 15) is 0 Å². The Morgan fingerprint density at radius 3 is 2.93 bits per heavy atom. The van der Waals surface area contributed by atoms with Crippen molar-refractivity contribution in [1.29, 1.82) is 0 Å². The van der Waals surface area contributed by atoms with Crippen LogP contribution in [0.15, 0.2) is 36.7 Å². The van der Waals surface area contributed by atoms with Crippen molar-refractivity contribution in [3.8, 4) is 0 Å². The number of fused-ring (bicyclic) bond motifs is 1. The number of aliphatic hydroxyl groups excluding tert-OH is 1. The van der Waals surface area contributed by atoms with Crippen LogP contribution in [0.25, 0.3) is 10.8 Å². The van der Waals surface area contributed by atoms with Crippen molar-refractivity contribution in [3.63, 3.8) is 0 Å². The number of pyridine rings is 1. The molecule has 72 valence electrons. The number of aryl methyl sites for hydroxylation is 1. The predicted molar refractivity (Wildman–Crippen MR) is 57.1 cm³/mol. The summed E-state index contributed by atoms with van der Waals surface area (Å²) in [5.74, 6) is 0. The Bertz CT molecular complexity index is 425. The van der Waals surface area contributed by atoms with Gasteiger partial charge in [0, 0.05) is 24.4 Å². The van der Waals surface area contributed by atoms with Crippen LogP contribution in [0.4, 0.5) is 0 Å². The van der Waals surface area contributed by atoms with Crippen molar-refractivity contribution in [1.82, 2.24) is 4.98 Å². The van der Waals surface area contributed by atoms with Crippen molar-refractivity contribution in [2.75, 3.05) is 6.61 Å². The Morgan fingerprint density at radius 1 is 1.14 bits per heavy atom. The summed E-state index contributed by atoms with van der Waals surface area (Å²) in [4.78, 5) is 4.08. The zero-order valence-corrected chi connectivity index (χ0v) is 7.98. The van der Waals surface area contributed by atoms with E-state index in [-0.39, 0.29) is 6.61 Å². The number of aliphatic hydroxyl groups is 1. The molecule has 14 heavy (non-hydrogen) atoms. The molecule has 0 amide bonds. The quantitative estimate of drug-likeness (QED) is 0.798. The molecule has 0 bridgehead atoms. The molecule has 1 aromatic carbocycles. The van der Waals surface area contributed by atoms with Gasteiger partial charge in [0.15, 0.2) is 0 Å². The molecule has 0 fully saturated rings. The molecule has 1 heterocycles. The topological polar surface area (TPSA) is 33.1 Å². The van der Waals surface area contributed by atoms with Crippen LogP contribution >= 0.6 is 0 Å². The highest BCUT2D eigenvalue weighted by molar-refractivity contribution is 5.81. The van der Waals surface area contributed by atoms with Gasteiger partial charge in [0.1, 0.15) is 0 Å². The first-order chi connectivity index (χ1) is 6.90. The molecule has 0 aliphatic rings. The molecule has 1 N–H and O–H groups in total. The summed E-state index contributed by atoms with van der Waals surface area (Å²) < 4.78 is 0. The SMILES string of the molecule is OCCCc1ccc2ccncc2c1. The monoisotopic (exact) mass is 187 g/mol. The van der Waals surface area contributed by atoms with Crippen LogP contribution in [0, 0.1) is 0 Å². The molecule has 0 spiro atoms. The molecule has 2 heteroatoms. The fraction of sp³-hybridized carbons (Fsp3) is 0.250. The summed E-state index contributed by atoms with van der Waals surface area (Å²) in [6.45, 7) is 0.255. The van der Waals surface area contributed by atoms with E-state index < -0.39 is 0 Å². The van der Waals surface area contributed by atoms with Crippen LogP contribution in [0.5, 0.6) is 0 Å². The van der Waals surface area contributed by atoms with Gasteiger partial charge in [-0.15, -0.1) is 0 Å². The lowest BCUT2D eigenvalue weighted by Gasteiger charge is -2.01. The van der Waals surface area contributed by atoms with Crippen LogP contribution < -0.4 is 0 Å². The maximum Gasteiger partial charge on any atom is 0.0434 e. The molecule has 1 aromatic heterocycles. The molecule has 0 aliphatic heterocycles. The second-order valence-corrected chi connectivity index (χ2v) is 3.38. The lowest BCUT2D eigenvalue weighted by atomic mass is 10.1. The number of hydrogen-bond donors (Lipinski definition) is 1. The number of benzene rings is 1. The van der Waals surface area contributed by atoms with E-state index in [2.05, 4.69) is 23.2 Å². The zero-order valence-electron chi connectivity index (χ0n) is 7.98. The van der Waals surface area contributed by atoms with Gasteiger partial charge < -0.3 is 5.11 Å². The summed E-state index contributed by atoms with van der Waals surface area (Å²) in [5, 5.41) is 11.1. The van der Waals surface area contributed by atoms with Crippen molar-refractivity contribution >= 4 is 10.8 Å². The molecule has 0 atom stereocenters. The first kappa shape index (κ1) is 9.16. The highest BCUT2D eigenvalue weighted by Gasteiger charge is 1.95. The Labute approximate surface area is 83.2 Å². The second-order valence-electron chi connectivity index (χ2n) is 3.38. The molecule has 0 radical (unpaired) electrons. The van der Waals surface area contributed by atoms with Gasteiger partial charge in [-0.05, 0) is 35.9 Å². The van der Waals surface area contributed by atoms with Gasteiger partial charge in [-0.2, -0.15) is 0 Å². The summed E-state index contributed by atoms with van der Waals surface area (Å²) in [5.41, 5.74) is 1.26. The highest BCUT2D eigenvalue weighted by Crippen LogP contribution is 2.15. The van der Waals surface area contributed by atoms with Crippen LogP contribution in [-0.2, 0) is 6.42 Å². The molecular formula is C12H13NO. The van der Waals surface area contributed by atoms with Crippen LogP contribution in [-0.4, -0.2) is 16.7 Å². The Kier molecular flexibility index (Phi) is 2.75. The fourth-order valence-electron chi connectivity index (χ4n) is 1.57. The van der Waals surface area contributed by atoms with Gasteiger partial charge in [-0.25, -0.2) is 0 Å². The fourth-order valence-corrected chi connectivity index (χ4v) is 1.57. The van der Waals surface area contributed by atoms with Gasteiger partial charge >= 0.3 is 0 Å². The van der Waals surface area contributed by atoms with E-state index in [0.717, 1.165) is 12.8 Å². The Balaban J connectivity index is 2.32. The van der Waals surface area contributed by atoms with Crippen molar-refractivity contribution in [2.24, 2.45) is 0 Å². The standard InChI is InChI=1S/C12H13NO/c14-7-1-2-10-3-4-11-5-6-13-9-12(11)8-10/h3-6,8-9,14H,1-2,7H2. The summed E-state index contributed by atoms with van der Waals surface area (Å²) in [6.07, 6.45) is 5.43. The Hall–Kier alpha value is -1.41. The predicted octanol–water partition coefficient (Wildman–Crippen LogP) is 2.16. The number of hydrogen-bond acceptors (Lipinski definition) is 2. The minimum atomic E-state index is 0.255. The third-order valence-corrected chi connectivity index (χ3v) is 2.33. The smallest absolute Gasteiger partial charge is 0.0434 e.